The van der Waals surface area contributed by atoms with Gasteiger partial charge < -0.3 is 9.64 Å². The van der Waals surface area contributed by atoms with Crippen LogP contribution in [0.3, 0.4) is 0 Å². The first-order valence-electron chi connectivity index (χ1n) is 9.59. The molecule has 150 valence electrons. The number of carbonyl (C=O) groups excluding carboxylic acids is 1. The fourth-order valence-electron chi connectivity index (χ4n) is 3.48. The van der Waals surface area contributed by atoms with E-state index in [1.165, 1.54) is 0 Å². The highest BCUT2D eigenvalue weighted by Gasteiger charge is 2.25. The summed E-state index contributed by atoms with van der Waals surface area (Å²) in [5.74, 6) is 0.775. The standard InChI is InChI=1S/C22H21Cl2N3O2/c23-16-9-7-15(8-10-16)22-17-14-27(12-11-19(17)25-26-22)21(28)6-3-13-29-20-5-2-1-4-18(20)24/h1-2,4-5,7-10H,3,6,11-14H2,(H,25,26). The summed E-state index contributed by atoms with van der Waals surface area (Å²) in [5.41, 5.74) is 4.06. The lowest BCUT2D eigenvalue weighted by molar-refractivity contribution is -0.132. The number of nitrogens with one attached hydrogen (secondary N) is 1. The molecule has 0 atom stereocenters. The van der Waals surface area contributed by atoms with Crippen LogP contribution in [0.2, 0.25) is 10.0 Å². The van der Waals surface area contributed by atoms with Gasteiger partial charge in [0.05, 0.1) is 17.3 Å². The number of H-pyrrole nitrogens is 1. The number of aromatic nitrogens is 2. The van der Waals surface area contributed by atoms with Gasteiger partial charge in [0.2, 0.25) is 5.91 Å². The molecule has 2 aromatic carbocycles. The van der Waals surface area contributed by atoms with Gasteiger partial charge in [-0.3, -0.25) is 9.89 Å². The number of benzene rings is 2. The maximum Gasteiger partial charge on any atom is 0.223 e. The van der Waals surface area contributed by atoms with E-state index < -0.39 is 0 Å². The molecular weight excluding hydrogens is 409 g/mol. The van der Waals surface area contributed by atoms with Crippen molar-refractivity contribution in [3.63, 3.8) is 0 Å². The van der Waals surface area contributed by atoms with Gasteiger partial charge in [0.25, 0.3) is 0 Å². The third-order valence-electron chi connectivity index (χ3n) is 5.03. The van der Waals surface area contributed by atoms with Gasteiger partial charge in [0.1, 0.15) is 5.75 Å². The highest BCUT2D eigenvalue weighted by Crippen LogP contribution is 2.29. The topological polar surface area (TPSA) is 58.2 Å². The molecule has 3 aromatic rings. The summed E-state index contributed by atoms with van der Waals surface area (Å²) in [6, 6.07) is 14.9. The Bertz CT molecular complexity index is 1000. The summed E-state index contributed by atoms with van der Waals surface area (Å²) in [4.78, 5) is 14.6. The molecule has 0 fully saturated rings. The van der Waals surface area contributed by atoms with Crippen molar-refractivity contribution in [2.45, 2.75) is 25.8 Å². The molecular formula is C22H21Cl2N3O2. The van der Waals surface area contributed by atoms with E-state index in [0.29, 0.717) is 48.3 Å². The molecule has 1 aromatic heterocycles. The average Bonchev–Trinajstić information content (AvgIpc) is 3.16. The lowest BCUT2D eigenvalue weighted by atomic mass is 10.0. The first-order chi connectivity index (χ1) is 14.1. The Kier molecular flexibility index (Phi) is 6.07. The van der Waals surface area contributed by atoms with E-state index in [9.17, 15) is 4.79 Å². The third kappa shape index (κ3) is 4.57. The van der Waals surface area contributed by atoms with Crippen LogP contribution in [-0.2, 0) is 17.8 Å². The molecule has 1 amide bonds. The van der Waals surface area contributed by atoms with Gasteiger partial charge in [-0.05, 0) is 30.7 Å². The van der Waals surface area contributed by atoms with E-state index in [2.05, 4.69) is 10.2 Å². The van der Waals surface area contributed by atoms with E-state index in [-0.39, 0.29) is 5.91 Å². The van der Waals surface area contributed by atoms with Crippen LogP contribution in [-0.4, -0.2) is 34.2 Å². The molecule has 0 aliphatic carbocycles. The molecule has 0 saturated carbocycles. The fourth-order valence-corrected chi connectivity index (χ4v) is 3.80. The number of hydrogen-bond donors (Lipinski definition) is 1. The number of rotatable bonds is 6. The first kappa shape index (κ1) is 19.8. The van der Waals surface area contributed by atoms with Crippen molar-refractivity contribution in [2.75, 3.05) is 13.2 Å². The smallest absolute Gasteiger partial charge is 0.223 e. The number of fused-ring (bicyclic) bond motifs is 1. The van der Waals surface area contributed by atoms with E-state index in [1.54, 1.807) is 6.07 Å². The Hall–Kier alpha value is -2.50. The van der Waals surface area contributed by atoms with Gasteiger partial charge in [-0.25, -0.2) is 0 Å². The van der Waals surface area contributed by atoms with Crippen LogP contribution in [0, 0.1) is 0 Å². The minimum absolute atomic E-state index is 0.127. The zero-order valence-corrected chi connectivity index (χ0v) is 17.3. The molecule has 0 saturated heterocycles. The number of nitrogens with zero attached hydrogens (tertiary/aromatic N) is 2. The molecule has 0 radical (unpaired) electrons. The van der Waals surface area contributed by atoms with E-state index in [4.69, 9.17) is 27.9 Å². The number of halogens is 2. The molecule has 2 heterocycles. The Labute approximate surface area is 179 Å². The first-order valence-corrected chi connectivity index (χ1v) is 10.3. The Morgan fingerprint density at radius 1 is 1.14 bits per heavy atom. The SMILES string of the molecule is O=C(CCCOc1ccccc1Cl)N1CCc2[nH]nc(-c3ccc(Cl)cc3)c2C1. The number of carbonyl (C=O) groups is 1. The van der Waals surface area contributed by atoms with Crippen LogP contribution in [0.1, 0.15) is 24.1 Å². The van der Waals surface area contributed by atoms with E-state index >= 15 is 0 Å². The largest absolute Gasteiger partial charge is 0.492 e. The number of para-hydroxylation sites is 1. The van der Waals surface area contributed by atoms with Crippen LogP contribution in [0.15, 0.2) is 48.5 Å². The van der Waals surface area contributed by atoms with Gasteiger partial charge in [-0.2, -0.15) is 5.10 Å². The Morgan fingerprint density at radius 2 is 1.93 bits per heavy atom. The van der Waals surface area contributed by atoms with Gasteiger partial charge in [0, 0.05) is 47.8 Å². The average molecular weight is 430 g/mol. The summed E-state index contributed by atoms with van der Waals surface area (Å²) >= 11 is 12.1. The number of ether oxygens (including phenoxy) is 1. The second-order valence-electron chi connectivity index (χ2n) is 6.98. The van der Waals surface area contributed by atoms with Crippen molar-refractivity contribution in [2.24, 2.45) is 0 Å². The zero-order valence-electron chi connectivity index (χ0n) is 15.8. The molecule has 5 nitrogen and oxygen atoms in total. The normalized spacial score (nSPS) is 13.2. The molecule has 1 aliphatic heterocycles. The minimum atomic E-state index is 0.127. The second-order valence-corrected chi connectivity index (χ2v) is 7.83. The summed E-state index contributed by atoms with van der Waals surface area (Å²) in [6.07, 6.45) is 1.86. The molecule has 1 aliphatic rings. The second kappa shape index (κ2) is 8.89. The quantitative estimate of drug-likeness (QED) is 0.552. The summed E-state index contributed by atoms with van der Waals surface area (Å²) in [5, 5.41) is 8.86. The van der Waals surface area contributed by atoms with Gasteiger partial charge >= 0.3 is 0 Å². The van der Waals surface area contributed by atoms with Crippen LogP contribution in [0.25, 0.3) is 11.3 Å². The molecule has 1 N–H and O–H groups in total. The predicted molar refractivity (Wildman–Crippen MR) is 114 cm³/mol. The van der Waals surface area contributed by atoms with Crippen LogP contribution in [0.5, 0.6) is 5.75 Å². The highest BCUT2D eigenvalue weighted by molar-refractivity contribution is 6.32. The van der Waals surface area contributed by atoms with E-state index in [1.807, 2.05) is 47.4 Å². The monoisotopic (exact) mass is 429 g/mol. The van der Waals surface area contributed by atoms with Crippen LogP contribution < -0.4 is 4.74 Å². The van der Waals surface area contributed by atoms with Crippen molar-refractivity contribution in [1.29, 1.82) is 0 Å². The maximum absolute atomic E-state index is 12.7. The van der Waals surface area contributed by atoms with Gasteiger partial charge in [-0.1, -0.05) is 47.5 Å². The molecule has 7 heteroatoms. The van der Waals surface area contributed by atoms with E-state index in [0.717, 1.165) is 28.9 Å². The van der Waals surface area contributed by atoms with Crippen LogP contribution >= 0.6 is 23.2 Å². The van der Waals surface area contributed by atoms with Crippen molar-refractivity contribution < 1.29 is 9.53 Å². The highest BCUT2D eigenvalue weighted by atomic mass is 35.5. The predicted octanol–water partition coefficient (Wildman–Crippen LogP) is 5.13. The molecule has 0 unspecified atom stereocenters. The minimum Gasteiger partial charge on any atom is -0.492 e. The Balaban J connectivity index is 1.34. The van der Waals surface area contributed by atoms with Crippen molar-refractivity contribution in [3.8, 4) is 17.0 Å². The molecule has 0 bridgehead atoms. The Morgan fingerprint density at radius 3 is 2.72 bits per heavy atom. The molecule has 4 rings (SSSR count). The van der Waals surface area contributed by atoms with Crippen molar-refractivity contribution in [3.05, 3.63) is 69.8 Å². The maximum atomic E-state index is 12.7. The van der Waals surface area contributed by atoms with Crippen molar-refractivity contribution in [1.82, 2.24) is 15.1 Å². The number of amides is 1. The van der Waals surface area contributed by atoms with Crippen LogP contribution in [0.4, 0.5) is 0 Å². The summed E-state index contributed by atoms with van der Waals surface area (Å²) < 4.78 is 5.68. The third-order valence-corrected chi connectivity index (χ3v) is 5.60. The zero-order chi connectivity index (χ0) is 20.2. The fraction of sp³-hybridized carbons (Fsp3) is 0.273. The summed E-state index contributed by atoms with van der Waals surface area (Å²) in [6.45, 7) is 1.71. The van der Waals surface area contributed by atoms with Gasteiger partial charge in [0.15, 0.2) is 0 Å². The molecule has 0 spiro atoms. The van der Waals surface area contributed by atoms with Gasteiger partial charge in [-0.15, -0.1) is 0 Å². The lowest BCUT2D eigenvalue weighted by Crippen LogP contribution is -2.36. The van der Waals surface area contributed by atoms with Crippen molar-refractivity contribution >= 4 is 29.1 Å². The lowest BCUT2D eigenvalue weighted by Gasteiger charge is -2.27. The molecule has 29 heavy (non-hydrogen) atoms. The summed E-state index contributed by atoms with van der Waals surface area (Å²) in [7, 11) is 0. The number of aromatic amines is 1. The number of hydrogen-bond acceptors (Lipinski definition) is 3.